The van der Waals surface area contributed by atoms with Gasteiger partial charge < -0.3 is 5.32 Å². The van der Waals surface area contributed by atoms with Crippen LogP contribution in [0.25, 0.3) is 0 Å². The molecule has 0 aliphatic carbocycles. The van der Waals surface area contributed by atoms with E-state index in [1.807, 2.05) is 30.8 Å². The Hall–Kier alpha value is -0.560. The minimum Gasteiger partial charge on any atom is -0.311 e. The van der Waals surface area contributed by atoms with E-state index in [0.717, 1.165) is 18.4 Å². The third-order valence-electron chi connectivity index (χ3n) is 4.81. The molecular formula is C17H26N2O2S2. The Morgan fingerprint density at radius 1 is 1.00 bits per heavy atom. The summed E-state index contributed by atoms with van der Waals surface area (Å²) in [6, 6.07) is 8.25. The Bertz CT molecular complexity index is 602. The van der Waals surface area contributed by atoms with Crippen molar-refractivity contribution in [1.82, 2.24) is 9.62 Å². The molecule has 0 atom stereocenters. The fourth-order valence-electron chi connectivity index (χ4n) is 3.32. The van der Waals surface area contributed by atoms with Gasteiger partial charge in [-0.1, -0.05) is 17.7 Å². The summed E-state index contributed by atoms with van der Waals surface area (Å²) in [7, 11) is -3.33. The molecule has 2 heterocycles. The van der Waals surface area contributed by atoms with Crippen LogP contribution < -0.4 is 5.32 Å². The standard InChI is InChI=1S/C17H26N2O2S2/c1-14-2-4-17(5-3-14)23(20,21)19-10-6-15(7-11-19)18-16-8-12-22-13-9-16/h2-5,15-16,18H,6-13H2,1H3. The number of aryl methyl sites for hydroxylation is 1. The molecule has 0 unspecified atom stereocenters. The highest BCUT2D eigenvalue weighted by molar-refractivity contribution is 7.99. The lowest BCUT2D eigenvalue weighted by atomic mass is 10.0. The maximum absolute atomic E-state index is 12.7. The summed E-state index contributed by atoms with van der Waals surface area (Å²) in [5.74, 6) is 2.50. The number of nitrogens with one attached hydrogen (secondary N) is 1. The van der Waals surface area contributed by atoms with Crippen LogP contribution in [0.2, 0.25) is 0 Å². The molecule has 0 saturated carbocycles. The Morgan fingerprint density at radius 2 is 1.57 bits per heavy atom. The van der Waals surface area contributed by atoms with E-state index in [9.17, 15) is 8.42 Å². The van der Waals surface area contributed by atoms with E-state index in [0.29, 0.717) is 30.1 Å². The van der Waals surface area contributed by atoms with Crippen molar-refractivity contribution in [3.63, 3.8) is 0 Å². The van der Waals surface area contributed by atoms with Gasteiger partial charge in [0.1, 0.15) is 0 Å². The first-order valence-corrected chi connectivity index (χ1v) is 11.1. The highest BCUT2D eigenvalue weighted by Crippen LogP contribution is 2.23. The average molecular weight is 355 g/mol. The van der Waals surface area contributed by atoms with Crippen LogP contribution in [0, 0.1) is 6.92 Å². The van der Waals surface area contributed by atoms with Crippen molar-refractivity contribution in [3.8, 4) is 0 Å². The largest absolute Gasteiger partial charge is 0.311 e. The first-order valence-electron chi connectivity index (χ1n) is 8.46. The van der Waals surface area contributed by atoms with Crippen LogP contribution in [0.15, 0.2) is 29.2 Å². The smallest absolute Gasteiger partial charge is 0.243 e. The number of hydrogen-bond acceptors (Lipinski definition) is 4. The molecule has 0 spiro atoms. The summed E-state index contributed by atoms with van der Waals surface area (Å²) in [6.45, 7) is 3.21. The number of benzene rings is 1. The highest BCUT2D eigenvalue weighted by Gasteiger charge is 2.30. The second kappa shape index (κ2) is 7.55. The summed E-state index contributed by atoms with van der Waals surface area (Å²) < 4.78 is 27.0. The molecule has 23 heavy (non-hydrogen) atoms. The van der Waals surface area contributed by atoms with Gasteiger partial charge >= 0.3 is 0 Å². The topological polar surface area (TPSA) is 49.4 Å². The van der Waals surface area contributed by atoms with Gasteiger partial charge in [-0.2, -0.15) is 16.1 Å². The highest BCUT2D eigenvalue weighted by atomic mass is 32.2. The third kappa shape index (κ3) is 4.29. The van der Waals surface area contributed by atoms with Gasteiger partial charge in [0.25, 0.3) is 0 Å². The predicted molar refractivity (Wildman–Crippen MR) is 96.4 cm³/mol. The number of rotatable bonds is 4. The molecule has 6 heteroatoms. The number of piperidine rings is 1. The van der Waals surface area contributed by atoms with Crippen molar-refractivity contribution in [3.05, 3.63) is 29.8 Å². The molecular weight excluding hydrogens is 328 g/mol. The molecule has 2 saturated heterocycles. The van der Waals surface area contributed by atoms with Crippen molar-refractivity contribution in [1.29, 1.82) is 0 Å². The molecule has 1 aromatic rings. The summed E-state index contributed by atoms with van der Waals surface area (Å²) in [5.41, 5.74) is 1.08. The van der Waals surface area contributed by atoms with E-state index in [2.05, 4.69) is 5.32 Å². The normalized spacial score (nSPS) is 22.3. The van der Waals surface area contributed by atoms with E-state index in [1.54, 1.807) is 16.4 Å². The molecule has 0 bridgehead atoms. The molecule has 3 rings (SSSR count). The van der Waals surface area contributed by atoms with Gasteiger partial charge in [-0.05, 0) is 56.2 Å². The first kappa shape index (κ1) is 17.3. The molecule has 2 aliphatic rings. The number of nitrogens with zero attached hydrogens (tertiary/aromatic N) is 1. The van der Waals surface area contributed by atoms with Crippen molar-refractivity contribution >= 4 is 21.8 Å². The molecule has 2 fully saturated rings. The fourth-order valence-corrected chi connectivity index (χ4v) is 5.90. The Kier molecular flexibility index (Phi) is 5.67. The van der Waals surface area contributed by atoms with Crippen LogP contribution in [0.5, 0.6) is 0 Å². The average Bonchev–Trinajstić information content (AvgIpc) is 2.57. The van der Waals surface area contributed by atoms with E-state index < -0.39 is 10.0 Å². The molecule has 1 aromatic carbocycles. The second-order valence-electron chi connectivity index (χ2n) is 6.54. The lowest BCUT2D eigenvalue weighted by Crippen LogP contribution is -2.48. The van der Waals surface area contributed by atoms with Crippen molar-refractivity contribution < 1.29 is 8.42 Å². The Balaban J connectivity index is 1.56. The zero-order valence-corrected chi connectivity index (χ0v) is 15.3. The molecule has 128 valence electrons. The molecule has 4 nitrogen and oxygen atoms in total. The van der Waals surface area contributed by atoms with Crippen molar-refractivity contribution in [2.75, 3.05) is 24.6 Å². The zero-order chi connectivity index (χ0) is 16.3. The number of thioether (sulfide) groups is 1. The molecule has 0 amide bonds. The molecule has 2 aliphatic heterocycles. The van der Waals surface area contributed by atoms with E-state index in [4.69, 9.17) is 0 Å². The first-order chi connectivity index (χ1) is 11.1. The minimum absolute atomic E-state index is 0.416. The van der Waals surface area contributed by atoms with Crippen molar-refractivity contribution in [2.45, 2.75) is 49.6 Å². The van der Waals surface area contributed by atoms with Gasteiger partial charge in [0.15, 0.2) is 0 Å². The van der Waals surface area contributed by atoms with Gasteiger partial charge in [0, 0.05) is 25.2 Å². The maximum atomic E-state index is 12.7. The van der Waals surface area contributed by atoms with Gasteiger partial charge in [0.05, 0.1) is 4.90 Å². The van der Waals surface area contributed by atoms with E-state index >= 15 is 0 Å². The maximum Gasteiger partial charge on any atom is 0.243 e. The van der Waals surface area contributed by atoms with Gasteiger partial charge in [-0.15, -0.1) is 0 Å². The molecule has 0 radical (unpaired) electrons. The quantitative estimate of drug-likeness (QED) is 0.903. The predicted octanol–water partition coefficient (Wildman–Crippen LogP) is 2.63. The minimum atomic E-state index is -3.33. The molecule has 0 aromatic heterocycles. The van der Waals surface area contributed by atoms with Gasteiger partial charge in [0.2, 0.25) is 10.0 Å². The fraction of sp³-hybridized carbons (Fsp3) is 0.647. The van der Waals surface area contributed by atoms with Crippen LogP contribution in [0.1, 0.15) is 31.2 Å². The van der Waals surface area contributed by atoms with E-state index in [-0.39, 0.29) is 0 Å². The zero-order valence-electron chi connectivity index (χ0n) is 13.7. The molecule has 1 N–H and O–H groups in total. The lowest BCUT2D eigenvalue weighted by molar-refractivity contribution is 0.268. The third-order valence-corrected chi connectivity index (χ3v) is 7.77. The van der Waals surface area contributed by atoms with Crippen LogP contribution in [-0.4, -0.2) is 49.4 Å². The summed E-state index contributed by atoms with van der Waals surface area (Å²) >= 11 is 2.04. The SMILES string of the molecule is Cc1ccc(S(=O)(=O)N2CCC(NC3CCSCC3)CC2)cc1. The van der Waals surface area contributed by atoms with Gasteiger partial charge in [-0.25, -0.2) is 8.42 Å². The number of hydrogen-bond donors (Lipinski definition) is 1. The second-order valence-corrected chi connectivity index (χ2v) is 9.71. The summed E-state index contributed by atoms with van der Waals surface area (Å²) in [4.78, 5) is 0.416. The Labute approximate surface area is 144 Å². The monoisotopic (exact) mass is 354 g/mol. The number of sulfonamides is 1. The van der Waals surface area contributed by atoms with Crippen LogP contribution in [0.3, 0.4) is 0 Å². The van der Waals surface area contributed by atoms with Crippen LogP contribution >= 0.6 is 11.8 Å². The Morgan fingerprint density at radius 3 is 2.17 bits per heavy atom. The van der Waals surface area contributed by atoms with E-state index in [1.165, 1.54) is 24.3 Å². The van der Waals surface area contributed by atoms with Crippen LogP contribution in [0.4, 0.5) is 0 Å². The van der Waals surface area contributed by atoms with Crippen LogP contribution in [-0.2, 0) is 10.0 Å². The van der Waals surface area contributed by atoms with Gasteiger partial charge in [-0.3, -0.25) is 0 Å². The lowest BCUT2D eigenvalue weighted by Gasteiger charge is -2.35. The van der Waals surface area contributed by atoms with Crippen molar-refractivity contribution in [2.24, 2.45) is 0 Å². The summed E-state index contributed by atoms with van der Waals surface area (Å²) in [6.07, 6.45) is 4.31. The summed E-state index contributed by atoms with van der Waals surface area (Å²) in [5, 5.41) is 3.74.